The normalized spacial score (nSPS) is 18.7. The van der Waals surface area contributed by atoms with E-state index in [0.717, 1.165) is 4.90 Å². The molecule has 1 saturated heterocycles. The summed E-state index contributed by atoms with van der Waals surface area (Å²) in [5.41, 5.74) is -0.820. The van der Waals surface area contributed by atoms with Crippen molar-refractivity contribution in [3.63, 3.8) is 0 Å². The number of halogens is 3. The first kappa shape index (κ1) is 28.1. The van der Waals surface area contributed by atoms with Gasteiger partial charge in [-0.1, -0.05) is 31.5 Å². The number of alkyl halides is 3. The van der Waals surface area contributed by atoms with Crippen LogP contribution < -0.4 is 5.32 Å². The molecule has 1 aliphatic rings. The minimum atomic E-state index is -4.95. The second-order valence-corrected chi connectivity index (χ2v) is 9.62. The molecule has 2 unspecified atom stereocenters. The molecule has 8 nitrogen and oxygen atoms in total. The molecule has 0 aromatic heterocycles. The number of hydrogen-bond acceptors (Lipinski definition) is 6. The minimum absolute atomic E-state index is 0.0800. The third-order valence-corrected chi connectivity index (χ3v) is 5.80. The standard InChI is InChI=1S/C20H31F3N2O6S/c1-5-6-8-13(24-18(30)31-19(2,3)4)17(29)32-11-12(20(21,22)23)15(26)25-10-7-9-14(25)16(27)28/h12-14H,5-11H2,1-4H3,(H,24,30)(H,27,28)/t12?,13?,14-/m0/s1. The fourth-order valence-corrected chi connectivity index (χ4v) is 4.21. The van der Waals surface area contributed by atoms with E-state index in [2.05, 4.69) is 5.32 Å². The van der Waals surface area contributed by atoms with Gasteiger partial charge >= 0.3 is 18.2 Å². The van der Waals surface area contributed by atoms with E-state index in [0.29, 0.717) is 24.6 Å². The molecule has 32 heavy (non-hydrogen) atoms. The lowest BCUT2D eigenvalue weighted by Crippen LogP contribution is -2.48. The number of alkyl carbamates (subject to hydrolysis) is 1. The molecule has 0 bridgehead atoms. The van der Waals surface area contributed by atoms with Gasteiger partial charge in [-0.3, -0.25) is 9.59 Å². The summed E-state index contributed by atoms with van der Waals surface area (Å²) in [5, 5.41) is 10.8. The average Bonchev–Trinajstić information content (AvgIpc) is 3.12. The Kier molecular flexibility index (Phi) is 10.3. The molecular formula is C20H31F3N2O6S. The van der Waals surface area contributed by atoms with E-state index in [9.17, 15) is 32.3 Å². The summed E-state index contributed by atoms with van der Waals surface area (Å²) in [5.74, 6) is -6.14. The zero-order valence-electron chi connectivity index (χ0n) is 18.7. The van der Waals surface area contributed by atoms with Crippen LogP contribution in [0.2, 0.25) is 0 Å². The fourth-order valence-electron chi connectivity index (χ4n) is 3.17. The van der Waals surface area contributed by atoms with Gasteiger partial charge in [-0.05, 0) is 40.0 Å². The number of carboxylic acid groups (broad SMARTS) is 1. The number of amides is 2. The van der Waals surface area contributed by atoms with E-state index in [1.807, 2.05) is 6.92 Å². The minimum Gasteiger partial charge on any atom is -0.480 e. The van der Waals surface area contributed by atoms with Gasteiger partial charge in [0.05, 0.1) is 0 Å². The molecule has 0 aromatic carbocycles. The Morgan fingerprint density at radius 1 is 1.22 bits per heavy atom. The molecule has 0 spiro atoms. The van der Waals surface area contributed by atoms with Crippen molar-refractivity contribution in [2.75, 3.05) is 12.3 Å². The third kappa shape index (κ3) is 8.87. The fraction of sp³-hybridized carbons (Fsp3) is 0.800. The number of nitrogens with zero attached hydrogens (tertiary/aromatic N) is 1. The first-order chi connectivity index (χ1) is 14.7. The van der Waals surface area contributed by atoms with Gasteiger partial charge in [0.15, 0.2) is 0 Å². The average molecular weight is 485 g/mol. The van der Waals surface area contributed by atoms with Crippen LogP contribution in [0, 0.1) is 5.92 Å². The Hall–Kier alpha value is -1.98. The van der Waals surface area contributed by atoms with Gasteiger partial charge in [0, 0.05) is 12.3 Å². The van der Waals surface area contributed by atoms with E-state index in [1.54, 1.807) is 20.8 Å². The lowest BCUT2D eigenvalue weighted by atomic mass is 10.1. The van der Waals surface area contributed by atoms with Crippen LogP contribution in [0.3, 0.4) is 0 Å². The van der Waals surface area contributed by atoms with Crippen LogP contribution >= 0.6 is 11.8 Å². The van der Waals surface area contributed by atoms with Crippen LogP contribution in [0.25, 0.3) is 0 Å². The van der Waals surface area contributed by atoms with Crippen molar-refractivity contribution in [3.05, 3.63) is 0 Å². The highest BCUT2D eigenvalue weighted by Gasteiger charge is 2.49. The van der Waals surface area contributed by atoms with Crippen molar-refractivity contribution in [2.45, 2.75) is 83.7 Å². The van der Waals surface area contributed by atoms with Gasteiger partial charge in [0.2, 0.25) is 11.0 Å². The maximum Gasteiger partial charge on any atom is 0.408 e. The lowest BCUT2D eigenvalue weighted by molar-refractivity contribution is -0.186. The van der Waals surface area contributed by atoms with E-state index < -0.39 is 58.6 Å². The topological polar surface area (TPSA) is 113 Å². The van der Waals surface area contributed by atoms with E-state index in [-0.39, 0.29) is 25.8 Å². The third-order valence-electron chi connectivity index (χ3n) is 4.73. The largest absolute Gasteiger partial charge is 0.480 e. The van der Waals surface area contributed by atoms with Crippen LogP contribution in [-0.2, 0) is 19.1 Å². The molecule has 1 aliphatic heterocycles. The molecule has 2 amide bonds. The molecular weight excluding hydrogens is 453 g/mol. The zero-order valence-corrected chi connectivity index (χ0v) is 19.5. The summed E-state index contributed by atoms with van der Waals surface area (Å²) < 4.78 is 45.9. The van der Waals surface area contributed by atoms with E-state index >= 15 is 0 Å². The summed E-state index contributed by atoms with van der Waals surface area (Å²) in [6.45, 7) is 6.67. The Morgan fingerprint density at radius 3 is 2.34 bits per heavy atom. The van der Waals surface area contributed by atoms with E-state index in [1.165, 1.54) is 0 Å². The summed E-state index contributed by atoms with van der Waals surface area (Å²) in [6.07, 6.45) is -4.00. The number of unbranched alkanes of at least 4 members (excludes halogenated alkanes) is 1. The molecule has 3 atom stereocenters. The van der Waals surface area contributed by atoms with Gasteiger partial charge in [-0.2, -0.15) is 13.2 Å². The number of carbonyl (C=O) groups is 4. The first-order valence-electron chi connectivity index (χ1n) is 10.4. The van der Waals surface area contributed by atoms with Gasteiger partial charge < -0.3 is 20.1 Å². The summed E-state index contributed by atoms with van der Waals surface area (Å²) in [7, 11) is 0. The van der Waals surface area contributed by atoms with Crippen molar-refractivity contribution in [1.29, 1.82) is 0 Å². The van der Waals surface area contributed by atoms with Crippen LogP contribution in [0.5, 0.6) is 0 Å². The van der Waals surface area contributed by atoms with Crippen molar-refractivity contribution in [1.82, 2.24) is 10.2 Å². The second-order valence-electron chi connectivity index (χ2n) is 8.59. The number of carboxylic acids is 1. The monoisotopic (exact) mass is 484 g/mol. The predicted octanol–water partition coefficient (Wildman–Crippen LogP) is 3.58. The SMILES string of the molecule is CCCCC(NC(=O)OC(C)(C)C)C(=O)SCC(C(=O)N1CCC[C@H]1C(=O)O)C(F)(F)F. The number of hydrogen-bond donors (Lipinski definition) is 2. The smallest absolute Gasteiger partial charge is 0.408 e. The number of aliphatic carboxylic acids is 1. The number of thioether (sulfide) groups is 1. The number of nitrogens with one attached hydrogen (secondary N) is 1. The summed E-state index contributed by atoms with van der Waals surface area (Å²) in [6, 6.07) is -2.38. The molecule has 12 heteroatoms. The molecule has 1 rings (SSSR count). The van der Waals surface area contributed by atoms with Crippen LogP contribution in [-0.4, -0.2) is 69.3 Å². The Morgan fingerprint density at radius 2 is 1.84 bits per heavy atom. The quantitative estimate of drug-likeness (QED) is 0.514. The van der Waals surface area contributed by atoms with Gasteiger partial charge in [0.25, 0.3) is 0 Å². The molecule has 1 heterocycles. The number of rotatable bonds is 9. The van der Waals surface area contributed by atoms with Crippen LogP contribution in [0.15, 0.2) is 0 Å². The van der Waals surface area contributed by atoms with Crippen molar-refractivity contribution in [3.8, 4) is 0 Å². The number of likely N-dealkylation sites (tertiary alicyclic amines) is 1. The molecule has 0 saturated carbocycles. The molecule has 0 aromatic rings. The van der Waals surface area contributed by atoms with Gasteiger partial charge in [0.1, 0.15) is 23.6 Å². The molecule has 0 radical (unpaired) electrons. The van der Waals surface area contributed by atoms with Gasteiger partial charge in [-0.15, -0.1) is 0 Å². The van der Waals surface area contributed by atoms with Crippen molar-refractivity contribution < 1.29 is 42.2 Å². The first-order valence-corrected chi connectivity index (χ1v) is 11.4. The zero-order chi connectivity index (χ0) is 24.7. The number of carbonyl (C=O) groups excluding carboxylic acids is 3. The molecule has 2 N–H and O–H groups in total. The molecule has 0 aliphatic carbocycles. The van der Waals surface area contributed by atoms with Crippen LogP contribution in [0.4, 0.5) is 18.0 Å². The van der Waals surface area contributed by atoms with E-state index in [4.69, 9.17) is 9.84 Å². The highest BCUT2D eigenvalue weighted by molar-refractivity contribution is 8.13. The highest BCUT2D eigenvalue weighted by atomic mass is 32.2. The summed E-state index contributed by atoms with van der Waals surface area (Å²) in [4.78, 5) is 49.1. The molecule has 184 valence electrons. The molecule has 1 fully saturated rings. The highest BCUT2D eigenvalue weighted by Crippen LogP contribution is 2.33. The lowest BCUT2D eigenvalue weighted by Gasteiger charge is -2.28. The van der Waals surface area contributed by atoms with Crippen LogP contribution in [0.1, 0.15) is 59.8 Å². The second kappa shape index (κ2) is 11.8. The Bertz CT molecular complexity index is 696. The Labute approximate surface area is 189 Å². The maximum atomic E-state index is 13.6. The number of ether oxygens (including phenoxy) is 1. The van der Waals surface area contributed by atoms with Gasteiger partial charge in [-0.25, -0.2) is 9.59 Å². The summed E-state index contributed by atoms with van der Waals surface area (Å²) >= 11 is 0.303. The Balaban J connectivity index is 2.89. The van der Waals surface area contributed by atoms with Crippen molar-refractivity contribution in [2.24, 2.45) is 5.92 Å². The maximum absolute atomic E-state index is 13.6. The van der Waals surface area contributed by atoms with Crippen molar-refractivity contribution >= 4 is 34.8 Å². The predicted molar refractivity (Wildman–Crippen MR) is 112 cm³/mol.